The highest BCUT2D eigenvalue weighted by molar-refractivity contribution is 7.15. The Labute approximate surface area is 143 Å². The number of nitrogens with one attached hydrogen (secondary N) is 1. The van der Waals surface area contributed by atoms with Crippen LogP contribution in [0.15, 0.2) is 28.7 Å². The number of anilines is 2. The normalized spacial score (nSPS) is 17.5. The average Bonchev–Trinajstić information content (AvgIpc) is 3.21. The Hall–Kier alpha value is -2.19. The summed E-state index contributed by atoms with van der Waals surface area (Å²) in [6.07, 6.45) is 2.08. The number of fused-ring (bicyclic) bond motifs is 1. The maximum atomic E-state index is 5.86. The molecule has 1 saturated heterocycles. The van der Waals surface area contributed by atoms with Crippen LogP contribution in [-0.2, 0) is 0 Å². The Balaban J connectivity index is 1.36. The molecule has 3 N–H and O–H groups in total. The van der Waals surface area contributed by atoms with Crippen LogP contribution in [0.3, 0.4) is 0 Å². The lowest BCUT2D eigenvalue weighted by Gasteiger charge is -2.32. The molecular formula is C16H20N6OS. The fourth-order valence-electron chi connectivity index (χ4n) is 3.08. The van der Waals surface area contributed by atoms with Gasteiger partial charge in [0.1, 0.15) is 10.5 Å². The smallest absolute Gasteiger partial charge is 0.298 e. The van der Waals surface area contributed by atoms with E-state index < -0.39 is 0 Å². The van der Waals surface area contributed by atoms with Crippen LogP contribution in [0.4, 0.5) is 11.1 Å². The van der Waals surface area contributed by atoms with Crippen LogP contribution in [0.5, 0.6) is 0 Å². The molecule has 0 spiro atoms. The summed E-state index contributed by atoms with van der Waals surface area (Å²) in [6, 6.07) is 9.22. The van der Waals surface area contributed by atoms with Gasteiger partial charge in [-0.25, -0.2) is 0 Å². The second-order valence-corrected chi connectivity index (χ2v) is 7.13. The van der Waals surface area contributed by atoms with Gasteiger partial charge in [-0.15, -0.1) is 10.2 Å². The Morgan fingerprint density at radius 3 is 2.79 bits per heavy atom. The van der Waals surface area contributed by atoms with Gasteiger partial charge < -0.3 is 20.4 Å². The minimum Gasteiger partial charge on any atom is -0.423 e. The van der Waals surface area contributed by atoms with Gasteiger partial charge in [0.15, 0.2) is 5.58 Å². The van der Waals surface area contributed by atoms with Crippen LogP contribution < -0.4 is 16.0 Å². The highest BCUT2D eigenvalue weighted by atomic mass is 32.1. The van der Waals surface area contributed by atoms with Crippen LogP contribution >= 0.6 is 11.3 Å². The molecule has 1 aliphatic rings. The number of aromatic nitrogens is 3. The van der Waals surface area contributed by atoms with E-state index in [9.17, 15) is 0 Å². The number of nitrogen functional groups attached to an aromatic ring is 1. The molecule has 0 unspecified atom stereocenters. The summed E-state index contributed by atoms with van der Waals surface area (Å²) in [5.41, 5.74) is 7.41. The summed E-state index contributed by atoms with van der Waals surface area (Å²) in [6.45, 7) is 3.96. The Bertz CT molecular complexity index is 790. The largest absolute Gasteiger partial charge is 0.423 e. The third-order valence-corrected chi connectivity index (χ3v) is 5.30. The molecule has 7 nitrogen and oxygen atoms in total. The van der Waals surface area contributed by atoms with Crippen molar-refractivity contribution in [3.8, 4) is 0 Å². The summed E-state index contributed by atoms with van der Waals surface area (Å²) < 4.78 is 5.86. The quantitative estimate of drug-likeness (QED) is 0.751. The number of nitrogens with two attached hydrogens (primary N) is 1. The number of para-hydroxylation sites is 2. The molecule has 126 valence electrons. The van der Waals surface area contributed by atoms with Crippen molar-refractivity contribution >= 4 is 33.6 Å². The van der Waals surface area contributed by atoms with Crippen molar-refractivity contribution in [1.29, 1.82) is 0 Å². The summed E-state index contributed by atoms with van der Waals surface area (Å²) >= 11 is 1.44. The lowest BCUT2D eigenvalue weighted by atomic mass is 10.0. The van der Waals surface area contributed by atoms with E-state index in [-0.39, 0.29) is 6.04 Å². The standard InChI is InChI=1S/C16H20N6OS/c1-10(14-20-21-15(17)24-14)18-11-6-8-22(9-7-11)16-19-12-4-2-3-5-13(12)23-16/h2-5,10-11,18H,6-9H2,1H3,(H2,17,21)/t10-/m0/s1. The van der Waals surface area contributed by atoms with E-state index in [0.29, 0.717) is 11.2 Å². The van der Waals surface area contributed by atoms with Gasteiger partial charge in [-0.3, -0.25) is 0 Å². The van der Waals surface area contributed by atoms with Crippen LogP contribution in [0, 0.1) is 0 Å². The molecule has 2 aromatic heterocycles. The second kappa shape index (κ2) is 6.37. The lowest BCUT2D eigenvalue weighted by molar-refractivity contribution is 0.370. The van der Waals surface area contributed by atoms with E-state index in [2.05, 4.69) is 32.3 Å². The highest BCUT2D eigenvalue weighted by Gasteiger charge is 2.24. The molecule has 0 bridgehead atoms. The zero-order valence-electron chi connectivity index (χ0n) is 13.5. The molecule has 0 amide bonds. The first kappa shape index (κ1) is 15.3. The molecule has 1 aromatic carbocycles. The molecule has 4 rings (SSSR count). The third kappa shape index (κ3) is 3.07. The minimum absolute atomic E-state index is 0.167. The van der Waals surface area contributed by atoms with Gasteiger partial charge in [0.2, 0.25) is 5.13 Å². The molecule has 3 aromatic rings. The topological polar surface area (TPSA) is 93.1 Å². The molecule has 1 fully saturated rings. The van der Waals surface area contributed by atoms with Gasteiger partial charge in [0.05, 0.1) is 6.04 Å². The monoisotopic (exact) mass is 344 g/mol. The predicted octanol–water partition coefficient (Wildman–Crippen LogP) is 2.58. The summed E-state index contributed by atoms with van der Waals surface area (Å²) in [4.78, 5) is 6.80. The molecule has 3 heterocycles. The first-order valence-corrected chi connectivity index (χ1v) is 8.96. The zero-order chi connectivity index (χ0) is 16.5. The second-order valence-electron chi connectivity index (χ2n) is 6.09. The SMILES string of the molecule is C[C@H](NC1CCN(c2nc3ccccc3o2)CC1)c1nnc(N)s1. The van der Waals surface area contributed by atoms with Crippen molar-refractivity contribution in [3.63, 3.8) is 0 Å². The molecule has 0 saturated carbocycles. The van der Waals surface area contributed by atoms with Gasteiger partial charge in [-0.1, -0.05) is 23.5 Å². The van der Waals surface area contributed by atoms with Gasteiger partial charge >= 0.3 is 0 Å². The molecule has 8 heteroatoms. The van der Waals surface area contributed by atoms with Crippen LogP contribution in [0.1, 0.15) is 30.8 Å². The molecule has 0 radical (unpaired) electrons. The number of piperidine rings is 1. The van der Waals surface area contributed by atoms with Gasteiger partial charge in [-0.2, -0.15) is 4.98 Å². The summed E-state index contributed by atoms with van der Waals surface area (Å²) in [7, 11) is 0. The average molecular weight is 344 g/mol. The van der Waals surface area contributed by atoms with E-state index in [1.165, 1.54) is 11.3 Å². The fourth-order valence-corrected chi connectivity index (χ4v) is 3.70. The van der Waals surface area contributed by atoms with Crippen LogP contribution in [-0.4, -0.2) is 34.3 Å². The molecule has 1 aliphatic heterocycles. The van der Waals surface area contributed by atoms with Crippen molar-refractivity contribution in [2.75, 3.05) is 23.7 Å². The number of hydrogen-bond donors (Lipinski definition) is 2. The molecule has 0 aliphatic carbocycles. The van der Waals surface area contributed by atoms with Crippen LogP contribution in [0.2, 0.25) is 0 Å². The number of oxazole rings is 1. The number of hydrogen-bond acceptors (Lipinski definition) is 8. The van der Waals surface area contributed by atoms with E-state index in [0.717, 1.165) is 48.1 Å². The van der Waals surface area contributed by atoms with E-state index >= 15 is 0 Å². The van der Waals surface area contributed by atoms with Crippen molar-refractivity contribution in [3.05, 3.63) is 29.3 Å². The van der Waals surface area contributed by atoms with Gasteiger partial charge in [0.25, 0.3) is 6.01 Å². The Morgan fingerprint density at radius 2 is 2.08 bits per heavy atom. The van der Waals surface area contributed by atoms with Gasteiger partial charge in [0, 0.05) is 19.1 Å². The Kier molecular flexibility index (Phi) is 4.07. The molecule has 24 heavy (non-hydrogen) atoms. The molecular weight excluding hydrogens is 324 g/mol. The minimum atomic E-state index is 0.167. The fraction of sp³-hybridized carbons (Fsp3) is 0.438. The maximum Gasteiger partial charge on any atom is 0.298 e. The third-order valence-electron chi connectivity index (χ3n) is 4.36. The molecule has 1 atom stereocenters. The summed E-state index contributed by atoms with van der Waals surface area (Å²) in [5.74, 6) is 0. The lowest BCUT2D eigenvalue weighted by Crippen LogP contribution is -2.43. The van der Waals surface area contributed by atoms with Crippen molar-refractivity contribution < 1.29 is 4.42 Å². The summed E-state index contributed by atoms with van der Waals surface area (Å²) in [5, 5.41) is 13.1. The first-order chi connectivity index (χ1) is 11.7. The number of nitrogens with zero attached hydrogens (tertiary/aromatic N) is 4. The van der Waals surface area contributed by atoms with Gasteiger partial charge in [-0.05, 0) is 31.9 Å². The predicted molar refractivity (Wildman–Crippen MR) is 95.1 cm³/mol. The maximum absolute atomic E-state index is 5.86. The number of benzene rings is 1. The van der Waals surface area contributed by atoms with Crippen LogP contribution in [0.25, 0.3) is 11.1 Å². The van der Waals surface area contributed by atoms with E-state index in [4.69, 9.17) is 10.2 Å². The van der Waals surface area contributed by atoms with E-state index in [1.54, 1.807) is 0 Å². The zero-order valence-corrected chi connectivity index (χ0v) is 14.3. The highest BCUT2D eigenvalue weighted by Crippen LogP contribution is 2.26. The van der Waals surface area contributed by atoms with Crippen molar-refractivity contribution in [1.82, 2.24) is 20.5 Å². The number of rotatable bonds is 4. The van der Waals surface area contributed by atoms with E-state index in [1.807, 2.05) is 24.3 Å². The Morgan fingerprint density at radius 1 is 1.29 bits per heavy atom. The van der Waals surface area contributed by atoms with Crippen molar-refractivity contribution in [2.24, 2.45) is 0 Å². The first-order valence-electron chi connectivity index (χ1n) is 8.14. The van der Waals surface area contributed by atoms with Crippen molar-refractivity contribution in [2.45, 2.75) is 31.8 Å².